The van der Waals surface area contributed by atoms with Gasteiger partial charge in [-0.3, -0.25) is 4.79 Å². The summed E-state index contributed by atoms with van der Waals surface area (Å²) in [7, 11) is 0. The standard InChI is InChI=1S/C20H23FN2O3/c1-2-3-4-13-25-18-9-5-16(6-10-18)14-22-23-20(24)15-26-19-11-7-17(21)8-12-19/h5-12,14H,2-4,13,15H2,1H3,(H,23,24)/b22-14+. The van der Waals surface area contributed by atoms with Gasteiger partial charge in [-0.25, -0.2) is 9.82 Å². The van der Waals surface area contributed by atoms with Crippen molar-refractivity contribution in [1.82, 2.24) is 5.43 Å². The molecule has 6 heteroatoms. The van der Waals surface area contributed by atoms with E-state index in [9.17, 15) is 9.18 Å². The van der Waals surface area contributed by atoms with E-state index in [-0.39, 0.29) is 12.4 Å². The topological polar surface area (TPSA) is 59.9 Å². The van der Waals surface area contributed by atoms with Crippen molar-refractivity contribution in [3.05, 3.63) is 59.9 Å². The van der Waals surface area contributed by atoms with Crippen molar-refractivity contribution in [3.63, 3.8) is 0 Å². The van der Waals surface area contributed by atoms with Crippen molar-refractivity contribution in [3.8, 4) is 11.5 Å². The molecule has 0 unspecified atom stereocenters. The zero-order valence-corrected chi connectivity index (χ0v) is 14.8. The van der Waals surface area contributed by atoms with E-state index in [0.717, 1.165) is 24.2 Å². The Hall–Kier alpha value is -2.89. The number of carbonyl (C=O) groups is 1. The van der Waals surface area contributed by atoms with Gasteiger partial charge in [-0.1, -0.05) is 19.8 Å². The largest absolute Gasteiger partial charge is 0.494 e. The molecule has 0 saturated carbocycles. The quantitative estimate of drug-likeness (QED) is 0.398. The van der Waals surface area contributed by atoms with E-state index in [1.165, 1.54) is 36.9 Å². The number of benzene rings is 2. The van der Waals surface area contributed by atoms with Gasteiger partial charge in [-0.15, -0.1) is 0 Å². The smallest absolute Gasteiger partial charge is 0.277 e. The number of hydrogen-bond donors (Lipinski definition) is 1. The van der Waals surface area contributed by atoms with Crippen molar-refractivity contribution >= 4 is 12.1 Å². The summed E-state index contributed by atoms with van der Waals surface area (Å²) >= 11 is 0. The van der Waals surface area contributed by atoms with Crippen LogP contribution in [0.15, 0.2) is 53.6 Å². The Kier molecular flexibility index (Phi) is 8.12. The molecule has 0 aromatic heterocycles. The molecule has 2 aromatic carbocycles. The minimum Gasteiger partial charge on any atom is -0.494 e. The van der Waals surface area contributed by atoms with Crippen molar-refractivity contribution in [1.29, 1.82) is 0 Å². The molecule has 26 heavy (non-hydrogen) atoms. The molecule has 2 rings (SSSR count). The lowest BCUT2D eigenvalue weighted by Crippen LogP contribution is -2.24. The second-order valence-electron chi connectivity index (χ2n) is 5.66. The maximum atomic E-state index is 12.8. The summed E-state index contributed by atoms with van der Waals surface area (Å²) in [4.78, 5) is 11.7. The predicted octanol–water partition coefficient (Wildman–Crippen LogP) is 3.92. The lowest BCUT2D eigenvalue weighted by molar-refractivity contribution is -0.123. The van der Waals surface area contributed by atoms with Gasteiger partial charge in [-0.2, -0.15) is 5.10 Å². The summed E-state index contributed by atoms with van der Waals surface area (Å²) in [6.07, 6.45) is 4.91. The number of nitrogens with zero attached hydrogens (tertiary/aromatic N) is 1. The Morgan fingerprint density at radius 2 is 1.69 bits per heavy atom. The number of hydrogen-bond acceptors (Lipinski definition) is 4. The first kappa shape index (κ1) is 19.4. The van der Waals surface area contributed by atoms with Crippen LogP contribution in [0.2, 0.25) is 0 Å². The van der Waals surface area contributed by atoms with Crippen LogP contribution in [0.1, 0.15) is 31.7 Å². The average Bonchev–Trinajstić information content (AvgIpc) is 2.66. The van der Waals surface area contributed by atoms with Gasteiger partial charge in [0.05, 0.1) is 12.8 Å². The van der Waals surface area contributed by atoms with Gasteiger partial charge in [0.15, 0.2) is 6.61 Å². The van der Waals surface area contributed by atoms with Crippen LogP contribution >= 0.6 is 0 Å². The summed E-state index contributed by atoms with van der Waals surface area (Å²) in [5.41, 5.74) is 3.21. The van der Waals surface area contributed by atoms with Gasteiger partial charge in [0, 0.05) is 0 Å². The molecule has 0 radical (unpaired) electrons. The van der Waals surface area contributed by atoms with Crippen LogP contribution in [0.5, 0.6) is 11.5 Å². The van der Waals surface area contributed by atoms with Crippen LogP contribution in [-0.2, 0) is 4.79 Å². The second-order valence-corrected chi connectivity index (χ2v) is 5.66. The lowest BCUT2D eigenvalue weighted by atomic mass is 10.2. The third kappa shape index (κ3) is 7.34. The van der Waals surface area contributed by atoms with E-state index in [1.807, 2.05) is 24.3 Å². The summed E-state index contributed by atoms with van der Waals surface area (Å²) in [5.74, 6) is 0.472. The van der Waals surface area contributed by atoms with Crippen LogP contribution in [0.3, 0.4) is 0 Å². The molecule has 5 nitrogen and oxygen atoms in total. The van der Waals surface area contributed by atoms with Crippen LogP contribution in [0.4, 0.5) is 4.39 Å². The van der Waals surface area contributed by atoms with Gasteiger partial charge >= 0.3 is 0 Å². The van der Waals surface area contributed by atoms with Crippen molar-refractivity contribution in [2.75, 3.05) is 13.2 Å². The van der Waals surface area contributed by atoms with Gasteiger partial charge in [0.1, 0.15) is 17.3 Å². The zero-order valence-electron chi connectivity index (χ0n) is 14.8. The second kappa shape index (κ2) is 10.9. The molecule has 138 valence electrons. The minimum absolute atomic E-state index is 0.201. The highest BCUT2D eigenvalue weighted by Crippen LogP contribution is 2.12. The van der Waals surface area contributed by atoms with Gasteiger partial charge < -0.3 is 9.47 Å². The van der Waals surface area contributed by atoms with Gasteiger partial charge in [0.2, 0.25) is 0 Å². The summed E-state index contributed by atoms with van der Waals surface area (Å²) in [5, 5.41) is 3.88. The van der Waals surface area contributed by atoms with Crippen molar-refractivity contribution < 1.29 is 18.7 Å². The van der Waals surface area contributed by atoms with Gasteiger partial charge in [0.25, 0.3) is 5.91 Å². The highest BCUT2D eigenvalue weighted by Gasteiger charge is 2.01. The molecular weight excluding hydrogens is 335 g/mol. The number of nitrogens with one attached hydrogen (secondary N) is 1. The van der Waals surface area contributed by atoms with E-state index in [0.29, 0.717) is 12.4 Å². The Bertz CT molecular complexity index is 700. The van der Waals surface area contributed by atoms with Crippen LogP contribution in [0.25, 0.3) is 0 Å². The van der Waals surface area contributed by atoms with Crippen LogP contribution in [-0.4, -0.2) is 25.3 Å². The maximum Gasteiger partial charge on any atom is 0.277 e. The fraction of sp³-hybridized carbons (Fsp3) is 0.300. The highest BCUT2D eigenvalue weighted by molar-refractivity contribution is 5.83. The number of ether oxygens (including phenoxy) is 2. The first-order valence-electron chi connectivity index (χ1n) is 8.60. The van der Waals surface area contributed by atoms with Crippen LogP contribution in [0, 0.1) is 5.82 Å². The SMILES string of the molecule is CCCCCOc1ccc(/C=N/NC(=O)COc2ccc(F)cc2)cc1. The Morgan fingerprint density at radius 3 is 2.38 bits per heavy atom. The molecule has 1 N–H and O–H groups in total. The molecule has 0 heterocycles. The molecule has 0 aliphatic rings. The van der Waals surface area contributed by atoms with E-state index in [1.54, 1.807) is 0 Å². The summed E-state index contributed by atoms with van der Waals surface area (Å²) in [6.45, 7) is 2.67. The first-order chi connectivity index (χ1) is 12.7. The lowest BCUT2D eigenvalue weighted by Gasteiger charge is -2.06. The average molecular weight is 358 g/mol. The number of unbranched alkanes of at least 4 members (excludes halogenated alkanes) is 2. The third-order valence-corrected chi connectivity index (χ3v) is 3.48. The molecule has 1 amide bonds. The molecule has 0 bridgehead atoms. The Morgan fingerprint density at radius 1 is 1.04 bits per heavy atom. The molecular formula is C20H23FN2O3. The first-order valence-corrected chi connectivity index (χ1v) is 8.60. The summed E-state index contributed by atoms with van der Waals surface area (Å²) < 4.78 is 23.6. The monoisotopic (exact) mass is 358 g/mol. The molecule has 0 atom stereocenters. The molecule has 0 saturated heterocycles. The number of carbonyl (C=O) groups excluding carboxylic acids is 1. The number of rotatable bonds is 10. The molecule has 0 aliphatic carbocycles. The van der Waals surface area contributed by atoms with Gasteiger partial charge in [-0.05, 0) is 60.5 Å². The number of amides is 1. The van der Waals surface area contributed by atoms with E-state index < -0.39 is 5.91 Å². The Balaban J connectivity index is 1.70. The predicted molar refractivity (Wildman–Crippen MR) is 99.1 cm³/mol. The minimum atomic E-state index is -0.401. The highest BCUT2D eigenvalue weighted by atomic mass is 19.1. The zero-order chi connectivity index (χ0) is 18.6. The normalized spacial score (nSPS) is 10.7. The van der Waals surface area contributed by atoms with Crippen molar-refractivity contribution in [2.45, 2.75) is 26.2 Å². The molecule has 0 aliphatic heterocycles. The number of halogens is 1. The van der Waals surface area contributed by atoms with E-state index in [4.69, 9.17) is 9.47 Å². The molecule has 0 spiro atoms. The fourth-order valence-corrected chi connectivity index (χ4v) is 2.08. The molecule has 0 fully saturated rings. The summed E-state index contributed by atoms with van der Waals surface area (Å²) in [6, 6.07) is 12.9. The van der Waals surface area contributed by atoms with E-state index >= 15 is 0 Å². The fourth-order valence-electron chi connectivity index (χ4n) is 2.08. The van der Waals surface area contributed by atoms with E-state index in [2.05, 4.69) is 17.5 Å². The maximum absolute atomic E-state index is 12.8. The van der Waals surface area contributed by atoms with Crippen molar-refractivity contribution in [2.24, 2.45) is 5.10 Å². The molecule has 2 aromatic rings. The third-order valence-electron chi connectivity index (χ3n) is 3.48. The van der Waals surface area contributed by atoms with Crippen LogP contribution < -0.4 is 14.9 Å². The number of hydrazone groups is 1. The Labute approximate surface area is 152 Å².